The van der Waals surface area contributed by atoms with Crippen LogP contribution >= 0.6 is 34.8 Å². The molecule has 120 valence electrons. The van der Waals surface area contributed by atoms with Crippen molar-refractivity contribution in [3.63, 3.8) is 0 Å². The lowest BCUT2D eigenvalue weighted by atomic mass is 9.97. The molecule has 0 saturated carbocycles. The molecular formula is C18H19IN2OS. The smallest absolute Gasteiger partial charge is 0.257 e. The van der Waals surface area contributed by atoms with Crippen LogP contribution in [0.25, 0.3) is 0 Å². The number of rotatable bonds is 4. The lowest BCUT2D eigenvalue weighted by Gasteiger charge is -2.17. The predicted octanol–water partition coefficient (Wildman–Crippen LogP) is 4.93. The third kappa shape index (κ3) is 5.00. The first kappa shape index (κ1) is 17.9. The van der Waals surface area contributed by atoms with E-state index >= 15 is 0 Å². The summed E-state index contributed by atoms with van der Waals surface area (Å²) in [6.07, 6.45) is 1.04. The first-order chi connectivity index (χ1) is 11.0. The molecule has 1 amide bonds. The molecule has 0 aliphatic rings. The first-order valence-electron chi connectivity index (χ1n) is 7.48. The quantitative estimate of drug-likeness (QED) is 0.526. The largest absolute Gasteiger partial charge is 0.332 e. The molecule has 0 aliphatic heterocycles. The monoisotopic (exact) mass is 438 g/mol. The zero-order chi connectivity index (χ0) is 16.8. The summed E-state index contributed by atoms with van der Waals surface area (Å²) in [6, 6.07) is 15.4. The third-order valence-electron chi connectivity index (χ3n) is 3.69. The van der Waals surface area contributed by atoms with Gasteiger partial charge in [-0.25, -0.2) is 0 Å². The SMILES string of the molecule is CC[C@H](C)c1ccccc1NC(=S)NC(=O)c1ccc(I)cc1. The number of amides is 1. The van der Waals surface area contributed by atoms with Gasteiger partial charge in [0.05, 0.1) is 0 Å². The van der Waals surface area contributed by atoms with Crippen molar-refractivity contribution < 1.29 is 4.79 Å². The molecule has 1 atom stereocenters. The van der Waals surface area contributed by atoms with E-state index in [9.17, 15) is 4.79 Å². The van der Waals surface area contributed by atoms with Gasteiger partial charge < -0.3 is 5.32 Å². The predicted molar refractivity (Wildman–Crippen MR) is 108 cm³/mol. The fourth-order valence-electron chi connectivity index (χ4n) is 2.19. The van der Waals surface area contributed by atoms with Crippen LogP contribution in [0.15, 0.2) is 48.5 Å². The highest BCUT2D eigenvalue weighted by Gasteiger charge is 2.11. The number of benzene rings is 2. The summed E-state index contributed by atoms with van der Waals surface area (Å²) >= 11 is 7.48. The molecule has 0 spiro atoms. The topological polar surface area (TPSA) is 41.1 Å². The maximum Gasteiger partial charge on any atom is 0.257 e. The Morgan fingerprint density at radius 3 is 2.48 bits per heavy atom. The fraction of sp³-hybridized carbons (Fsp3) is 0.222. The number of carbonyl (C=O) groups is 1. The maximum atomic E-state index is 12.2. The summed E-state index contributed by atoms with van der Waals surface area (Å²) in [5.41, 5.74) is 2.72. The highest BCUT2D eigenvalue weighted by atomic mass is 127. The van der Waals surface area contributed by atoms with E-state index in [0.29, 0.717) is 16.6 Å². The van der Waals surface area contributed by atoms with E-state index in [1.165, 1.54) is 5.56 Å². The van der Waals surface area contributed by atoms with Crippen LogP contribution in [0.2, 0.25) is 0 Å². The zero-order valence-electron chi connectivity index (χ0n) is 13.1. The number of carbonyl (C=O) groups excluding carboxylic acids is 1. The van der Waals surface area contributed by atoms with Crippen molar-refractivity contribution in [3.05, 3.63) is 63.2 Å². The summed E-state index contributed by atoms with van der Waals surface area (Å²) in [5, 5.41) is 6.17. The van der Waals surface area contributed by atoms with Crippen molar-refractivity contribution >= 4 is 51.5 Å². The molecule has 5 heteroatoms. The van der Waals surface area contributed by atoms with Crippen molar-refractivity contribution in [1.29, 1.82) is 0 Å². The molecule has 2 rings (SSSR count). The van der Waals surface area contributed by atoms with E-state index in [1.54, 1.807) is 12.1 Å². The highest BCUT2D eigenvalue weighted by Crippen LogP contribution is 2.26. The standard InChI is InChI=1S/C18H19IN2OS/c1-3-12(2)15-6-4-5-7-16(15)20-18(23)21-17(22)13-8-10-14(19)11-9-13/h4-12H,3H2,1-2H3,(H2,20,21,22,23)/t12-/m0/s1. The number of hydrogen-bond donors (Lipinski definition) is 2. The summed E-state index contributed by atoms with van der Waals surface area (Å²) in [7, 11) is 0. The van der Waals surface area contributed by atoms with Crippen molar-refractivity contribution in [3.8, 4) is 0 Å². The molecule has 0 aromatic heterocycles. The minimum absolute atomic E-state index is 0.208. The Bertz CT molecular complexity index is 700. The van der Waals surface area contributed by atoms with E-state index in [1.807, 2.05) is 30.3 Å². The molecule has 2 aromatic rings. The van der Waals surface area contributed by atoms with Gasteiger partial charge in [0.2, 0.25) is 0 Å². The van der Waals surface area contributed by atoms with Crippen molar-refractivity contribution in [2.45, 2.75) is 26.2 Å². The Hall–Kier alpha value is -1.47. The minimum Gasteiger partial charge on any atom is -0.332 e. The van der Waals surface area contributed by atoms with E-state index in [2.05, 4.69) is 53.1 Å². The third-order valence-corrected chi connectivity index (χ3v) is 4.61. The van der Waals surface area contributed by atoms with Gasteiger partial charge in [-0.15, -0.1) is 0 Å². The van der Waals surface area contributed by atoms with Gasteiger partial charge >= 0.3 is 0 Å². The van der Waals surface area contributed by atoms with Gasteiger partial charge in [-0.3, -0.25) is 10.1 Å². The van der Waals surface area contributed by atoms with Crippen LogP contribution in [0, 0.1) is 3.57 Å². The first-order valence-corrected chi connectivity index (χ1v) is 8.96. The lowest BCUT2D eigenvalue weighted by Crippen LogP contribution is -2.34. The van der Waals surface area contributed by atoms with Crippen molar-refractivity contribution in [1.82, 2.24) is 5.32 Å². The van der Waals surface area contributed by atoms with Gasteiger partial charge in [-0.1, -0.05) is 32.0 Å². The van der Waals surface area contributed by atoms with Crippen LogP contribution in [-0.2, 0) is 0 Å². The Morgan fingerprint density at radius 2 is 1.83 bits per heavy atom. The molecule has 0 fully saturated rings. The van der Waals surface area contributed by atoms with Crippen molar-refractivity contribution in [2.24, 2.45) is 0 Å². The zero-order valence-corrected chi connectivity index (χ0v) is 16.1. The summed E-state index contributed by atoms with van der Waals surface area (Å²) < 4.78 is 1.09. The van der Waals surface area contributed by atoms with Gasteiger partial charge in [0, 0.05) is 14.8 Å². The second kappa shape index (κ2) is 8.40. The fourth-order valence-corrected chi connectivity index (χ4v) is 2.75. The second-order valence-corrected chi connectivity index (χ2v) is 6.97. The number of nitrogens with one attached hydrogen (secondary N) is 2. The molecule has 0 bridgehead atoms. The minimum atomic E-state index is -0.208. The van der Waals surface area contributed by atoms with E-state index in [0.717, 1.165) is 15.7 Å². The van der Waals surface area contributed by atoms with Gasteiger partial charge in [-0.05, 0) is 83.0 Å². The average Bonchev–Trinajstić information content (AvgIpc) is 2.55. The van der Waals surface area contributed by atoms with E-state index in [4.69, 9.17) is 12.2 Å². The van der Waals surface area contributed by atoms with Crippen LogP contribution in [0.3, 0.4) is 0 Å². The van der Waals surface area contributed by atoms with Crippen LogP contribution in [0.5, 0.6) is 0 Å². The molecule has 0 unspecified atom stereocenters. The lowest BCUT2D eigenvalue weighted by molar-refractivity contribution is 0.0977. The number of halogens is 1. The second-order valence-electron chi connectivity index (χ2n) is 5.31. The molecule has 0 aliphatic carbocycles. The number of para-hydroxylation sites is 1. The maximum absolute atomic E-state index is 12.2. The number of anilines is 1. The Balaban J connectivity index is 2.05. The molecule has 2 aromatic carbocycles. The summed E-state index contributed by atoms with van der Waals surface area (Å²) in [6.45, 7) is 4.33. The van der Waals surface area contributed by atoms with Gasteiger partial charge in [-0.2, -0.15) is 0 Å². The van der Waals surface area contributed by atoms with E-state index in [-0.39, 0.29) is 5.91 Å². The Morgan fingerprint density at radius 1 is 1.17 bits per heavy atom. The molecule has 0 saturated heterocycles. The van der Waals surface area contributed by atoms with Crippen LogP contribution in [-0.4, -0.2) is 11.0 Å². The number of hydrogen-bond acceptors (Lipinski definition) is 2. The summed E-state index contributed by atoms with van der Waals surface area (Å²) in [5.74, 6) is 0.216. The average molecular weight is 438 g/mol. The molecule has 0 radical (unpaired) electrons. The van der Waals surface area contributed by atoms with Gasteiger partial charge in [0.25, 0.3) is 5.91 Å². The molecule has 3 nitrogen and oxygen atoms in total. The summed E-state index contributed by atoms with van der Waals surface area (Å²) in [4.78, 5) is 12.2. The number of thiocarbonyl (C=S) groups is 1. The van der Waals surface area contributed by atoms with Crippen LogP contribution < -0.4 is 10.6 Å². The molecule has 23 heavy (non-hydrogen) atoms. The molecule has 0 heterocycles. The Kier molecular flexibility index (Phi) is 6.53. The highest BCUT2D eigenvalue weighted by molar-refractivity contribution is 14.1. The molecule has 2 N–H and O–H groups in total. The normalized spacial score (nSPS) is 11.6. The van der Waals surface area contributed by atoms with E-state index < -0.39 is 0 Å². The Labute approximate surface area is 156 Å². The van der Waals surface area contributed by atoms with Gasteiger partial charge in [0.15, 0.2) is 5.11 Å². The van der Waals surface area contributed by atoms with Crippen LogP contribution in [0.1, 0.15) is 42.1 Å². The molecular weight excluding hydrogens is 419 g/mol. The van der Waals surface area contributed by atoms with Gasteiger partial charge in [0.1, 0.15) is 0 Å². The van der Waals surface area contributed by atoms with Crippen LogP contribution in [0.4, 0.5) is 5.69 Å². The van der Waals surface area contributed by atoms with Crippen molar-refractivity contribution in [2.75, 3.05) is 5.32 Å².